The van der Waals surface area contributed by atoms with Gasteiger partial charge in [0.25, 0.3) is 0 Å². The number of phenolic OH excluding ortho intramolecular Hbond substituents is 2. The van der Waals surface area contributed by atoms with Gasteiger partial charge in [0.1, 0.15) is 0 Å². The van der Waals surface area contributed by atoms with E-state index in [0.717, 1.165) is 29.0 Å². The van der Waals surface area contributed by atoms with Crippen molar-refractivity contribution in [3.63, 3.8) is 0 Å². The molecule has 0 saturated heterocycles. The SMILES string of the molecule is Oc1cc2ccc3cc4c(c5ccc(c1O)c2c35)CCC=C4. The molecule has 1 aliphatic rings. The van der Waals surface area contributed by atoms with Gasteiger partial charge in [-0.3, -0.25) is 0 Å². The fourth-order valence-electron chi connectivity index (χ4n) is 3.87. The Hall–Kier alpha value is -2.74. The number of hydrogen-bond donors (Lipinski definition) is 2. The van der Waals surface area contributed by atoms with Gasteiger partial charge in [0.2, 0.25) is 0 Å². The number of rotatable bonds is 0. The smallest absolute Gasteiger partial charge is 0.165 e. The first-order chi connectivity index (χ1) is 10.7. The molecule has 0 unspecified atom stereocenters. The molecule has 2 N–H and O–H groups in total. The zero-order valence-electron chi connectivity index (χ0n) is 11.9. The summed E-state index contributed by atoms with van der Waals surface area (Å²) in [5.41, 5.74) is 2.68. The van der Waals surface area contributed by atoms with E-state index in [1.807, 2.05) is 12.1 Å². The van der Waals surface area contributed by atoms with Crippen LogP contribution < -0.4 is 0 Å². The third-order valence-electron chi connectivity index (χ3n) is 4.86. The highest BCUT2D eigenvalue weighted by Crippen LogP contribution is 2.44. The van der Waals surface area contributed by atoms with Gasteiger partial charge in [-0.25, -0.2) is 0 Å². The van der Waals surface area contributed by atoms with Crippen molar-refractivity contribution in [1.82, 2.24) is 0 Å². The van der Waals surface area contributed by atoms with E-state index in [9.17, 15) is 10.2 Å². The van der Waals surface area contributed by atoms with Crippen molar-refractivity contribution in [3.05, 3.63) is 53.6 Å². The first-order valence-corrected chi connectivity index (χ1v) is 7.56. The van der Waals surface area contributed by atoms with Crippen LogP contribution in [0, 0.1) is 0 Å². The molecule has 0 spiro atoms. The lowest BCUT2D eigenvalue weighted by molar-refractivity contribution is 0.408. The van der Waals surface area contributed by atoms with Crippen LogP contribution in [0.3, 0.4) is 0 Å². The Morgan fingerprint density at radius 1 is 0.818 bits per heavy atom. The van der Waals surface area contributed by atoms with E-state index < -0.39 is 0 Å². The lowest BCUT2D eigenvalue weighted by Crippen LogP contribution is -1.97. The molecule has 0 saturated carbocycles. The largest absolute Gasteiger partial charge is 0.504 e. The van der Waals surface area contributed by atoms with E-state index in [2.05, 4.69) is 30.4 Å². The molecule has 0 bridgehead atoms. The van der Waals surface area contributed by atoms with Crippen LogP contribution in [-0.2, 0) is 6.42 Å². The van der Waals surface area contributed by atoms with Gasteiger partial charge in [0.15, 0.2) is 11.5 Å². The molecular formula is C20H14O2. The van der Waals surface area contributed by atoms with Crippen LogP contribution in [0.4, 0.5) is 0 Å². The van der Waals surface area contributed by atoms with Crippen molar-refractivity contribution < 1.29 is 10.2 Å². The van der Waals surface area contributed by atoms with Crippen molar-refractivity contribution in [2.45, 2.75) is 12.8 Å². The number of phenols is 2. The molecule has 5 rings (SSSR count). The topological polar surface area (TPSA) is 40.5 Å². The lowest BCUT2D eigenvalue weighted by atomic mass is 9.86. The van der Waals surface area contributed by atoms with Crippen molar-refractivity contribution in [1.29, 1.82) is 0 Å². The number of fused-ring (bicyclic) bond motifs is 2. The quantitative estimate of drug-likeness (QED) is 0.354. The average molecular weight is 286 g/mol. The minimum atomic E-state index is -0.0594. The highest BCUT2D eigenvalue weighted by Gasteiger charge is 2.17. The van der Waals surface area contributed by atoms with Gasteiger partial charge in [-0.1, -0.05) is 30.4 Å². The number of benzene rings is 4. The molecule has 1 aliphatic carbocycles. The normalized spacial score (nSPS) is 14.2. The molecule has 106 valence electrons. The fraction of sp³-hybridized carbons (Fsp3) is 0.100. The highest BCUT2D eigenvalue weighted by molar-refractivity contribution is 6.25. The zero-order valence-corrected chi connectivity index (χ0v) is 11.9. The maximum atomic E-state index is 10.2. The molecular weight excluding hydrogens is 272 g/mol. The summed E-state index contributed by atoms with van der Waals surface area (Å²) in [6.45, 7) is 0. The molecule has 0 radical (unpaired) electrons. The van der Waals surface area contributed by atoms with Crippen molar-refractivity contribution in [2.75, 3.05) is 0 Å². The van der Waals surface area contributed by atoms with Crippen molar-refractivity contribution in [2.24, 2.45) is 0 Å². The minimum absolute atomic E-state index is 0.0282. The number of allylic oxidation sites excluding steroid dienone is 1. The molecule has 2 heteroatoms. The van der Waals surface area contributed by atoms with Gasteiger partial charge in [0.05, 0.1) is 0 Å². The molecule has 22 heavy (non-hydrogen) atoms. The summed E-state index contributed by atoms with van der Waals surface area (Å²) in [6.07, 6.45) is 6.56. The molecule has 4 aromatic rings. The zero-order chi connectivity index (χ0) is 14.8. The van der Waals surface area contributed by atoms with Crippen LogP contribution in [0.25, 0.3) is 38.4 Å². The van der Waals surface area contributed by atoms with Gasteiger partial charge in [0, 0.05) is 10.8 Å². The second-order valence-electron chi connectivity index (χ2n) is 6.05. The Balaban J connectivity index is 2.11. The van der Waals surface area contributed by atoms with Crippen LogP contribution in [0.1, 0.15) is 17.5 Å². The van der Waals surface area contributed by atoms with Gasteiger partial charge in [-0.2, -0.15) is 0 Å². The number of aryl methyl sites for hydroxylation is 1. The number of hydrogen-bond acceptors (Lipinski definition) is 2. The second-order valence-corrected chi connectivity index (χ2v) is 6.05. The molecule has 2 nitrogen and oxygen atoms in total. The van der Waals surface area contributed by atoms with E-state index in [-0.39, 0.29) is 11.5 Å². The fourth-order valence-corrected chi connectivity index (χ4v) is 3.87. The number of aromatic hydroxyl groups is 2. The van der Waals surface area contributed by atoms with E-state index in [1.165, 1.54) is 27.3 Å². The van der Waals surface area contributed by atoms with E-state index in [0.29, 0.717) is 0 Å². The van der Waals surface area contributed by atoms with Crippen LogP contribution in [0.15, 0.2) is 42.5 Å². The molecule has 0 aliphatic heterocycles. The van der Waals surface area contributed by atoms with Gasteiger partial charge < -0.3 is 10.2 Å². The standard InChI is InChI=1S/C20H14O2/c21-17-10-13-6-5-12-9-11-3-1-2-4-14(11)15-7-8-16(20(17)22)19(13)18(12)15/h1,3,5-10,21-22H,2,4H2. The van der Waals surface area contributed by atoms with Crippen LogP contribution in [0.2, 0.25) is 0 Å². The van der Waals surface area contributed by atoms with Gasteiger partial charge in [-0.05, 0) is 63.7 Å². The molecule has 4 aromatic carbocycles. The van der Waals surface area contributed by atoms with E-state index in [1.54, 1.807) is 6.07 Å². The van der Waals surface area contributed by atoms with Crippen LogP contribution >= 0.6 is 0 Å². The monoisotopic (exact) mass is 286 g/mol. The predicted octanol–water partition coefficient (Wildman–Crippen LogP) is 4.95. The maximum absolute atomic E-state index is 10.2. The molecule has 0 fully saturated rings. The first-order valence-electron chi connectivity index (χ1n) is 7.56. The average Bonchev–Trinajstić information content (AvgIpc) is 2.55. The second kappa shape index (κ2) is 3.92. The minimum Gasteiger partial charge on any atom is -0.504 e. The Labute approximate surface area is 127 Å². The lowest BCUT2D eigenvalue weighted by Gasteiger charge is -2.18. The summed E-state index contributed by atoms with van der Waals surface area (Å²) in [5.74, 6) is -0.0876. The van der Waals surface area contributed by atoms with E-state index in [4.69, 9.17) is 0 Å². The Kier molecular flexibility index (Phi) is 2.11. The summed E-state index contributed by atoms with van der Waals surface area (Å²) in [7, 11) is 0. The Morgan fingerprint density at radius 2 is 1.55 bits per heavy atom. The van der Waals surface area contributed by atoms with Crippen LogP contribution in [-0.4, -0.2) is 10.2 Å². The third kappa shape index (κ3) is 1.34. The first kappa shape index (κ1) is 11.9. The summed E-state index contributed by atoms with van der Waals surface area (Å²) in [4.78, 5) is 0. The molecule has 0 aromatic heterocycles. The summed E-state index contributed by atoms with van der Waals surface area (Å²) in [6, 6.07) is 12.0. The van der Waals surface area contributed by atoms with Gasteiger partial charge in [-0.15, -0.1) is 0 Å². The highest BCUT2D eigenvalue weighted by atomic mass is 16.3. The summed E-state index contributed by atoms with van der Waals surface area (Å²) < 4.78 is 0. The van der Waals surface area contributed by atoms with Crippen LogP contribution in [0.5, 0.6) is 11.5 Å². The maximum Gasteiger partial charge on any atom is 0.165 e. The van der Waals surface area contributed by atoms with Crippen molar-refractivity contribution >= 4 is 38.4 Å². The van der Waals surface area contributed by atoms with Crippen molar-refractivity contribution in [3.8, 4) is 11.5 Å². The molecule has 0 heterocycles. The Morgan fingerprint density at radius 3 is 2.41 bits per heavy atom. The Bertz CT molecular complexity index is 1090. The predicted molar refractivity (Wildman–Crippen MR) is 90.8 cm³/mol. The summed E-state index contributed by atoms with van der Waals surface area (Å²) in [5, 5.41) is 26.5. The molecule has 0 atom stereocenters. The van der Waals surface area contributed by atoms with Gasteiger partial charge >= 0.3 is 0 Å². The summed E-state index contributed by atoms with van der Waals surface area (Å²) >= 11 is 0. The van der Waals surface area contributed by atoms with E-state index >= 15 is 0 Å². The third-order valence-corrected chi connectivity index (χ3v) is 4.86. The molecule has 0 amide bonds.